The van der Waals surface area contributed by atoms with Gasteiger partial charge >= 0.3 is 0 Å². The third kappa shape index (κ3) is 3.48. The fourth-order valence-electron chi connectivity index (χ4n) is 2.56. The lowest BCUT2D eigenvalue weighted by molar-refractivity contribution is -0.385. The van der Waals surface area contributed by atoms with Crippen LogP contribution in [0.5, 0.6) is 0 Å². The van der Waals surface area contributed by atoms with Crippen molar-refractivity contribution in [2.75, 3.05) is 19.6 Å². The van der Waals surface area contributed by atoms with E-state index in [1.54, 1.807) is 4.90 Å². The molecule has 0 saturated carbocycles. The first kappa shape index (κ1) is 15.7. The van der Waals surface area contributed by atoms with Gasteiger partial charge in [-0.1, -0.05) is 11.6 Å². The molecule has 8 heteroatoms. The van der Waals surface area contributed by atoms with Gasteiger partial charge in [-0.25, -0.2) is 4.98 Å². The van der Waals surface area contributed by atoms with Gasteiger partial charge in [0.15, 0.2) is 0 Å². The van der Waals surface area contributed by atoms with Crippen molar-refractivity contribution in [2.45, 2.75) is 25.8 Å². The smallest absolute Gasteiger partial charge is 0.300 e. The SMILES string of the molecule is CCN(C(=O)c1cc(Cl)ncc1[N+](=O)[O-])C1CCCNC1. The second-order valence-corrected chi connectivity index (χ2v) is 5.26. The lowest BCUT2D eigenvalue weighted by Gasteiger charge is -2.33. The van der Waals surface area contributed by atoms with E-state index in [1.807, 2.05) is 6.92 Å². The summed E-state index contributed by atoms with van der Waals surface area (Å²) >= 11 is 5.78. The minimum Gasteiger partial charge on any atom is -0.334 e. The molecule has 1 atom stereocenters. The number of hydrogen-bond donors (Lipinski definition) is 1. The molecule has 21 heavy (non-hydrogen) atoms. The van der Waals surface area contributed by atoms with Crippen molar-refractivity contribution >= 4 is 23.2 Å². The van der Waals surface area contributed by atoms with Crippen LogP contribution < -0.4 is 5.32 Å². The van der Waals surface area contributed by atoms with E-state index in [-0.39, 0.29) is 28.4 Å². The molecule has 1 fully saturated rings. The third-order valence-corrected chi connectivity index (χ3v) is 3.80. The largest absolute Gasteiger partial charge is 0.334 e. The number of halogens is 1. The number of piperidine rings is 1. The number of carbonyl (C=O) groups is 1. The summed E-state index contributed by atoms with van der Waals surface area (Å²) in [5.41, 5.74) is -0.320. The van der Waals surface area contributed by atoms with E-state index >= 15 is 0 Å². The van der Waals surface area contributed by atoms with Crippen LogP contribution in [0.25, 0.3) is 0 Å². The lowest BCUT2D eigenvalue weighted by Crippen LogP contribution is -2.48. The van der Waals surface area contributed by atoms with Gasteiger partial charge in [-0.3, -0.25) is 14.9 Å². The Morgan fingerprint density at radius 2 is 2.43 bits per heavy atom. The quantitative estimate of drug-likeness (QED) is 0.521. The van der Waals surface area contributed by atoms with Gasteiger partial charge in [-0.15, -0.1) is 0 Å². The standard InChI is InChI=1S/C13H17ClN4O3/c1-2-17(9-4-3-5-15-7-9)13(19)10-6-12(14)16-8-11(10)18(20)21/h6,8-9,15H,2-5,7H2,1H3. The van der Waals surface area contributed by atoms with Gasteiger partial charge in [0, 0.05) is 19.1 Å². The summed E-state index contributed by atoms with van der Waals surface area (Å²) in [5.74, 6) is -0.373. The topological polar surface area (TPSA) is 88.4 Å². The average molecular weight is 313 g/mol. The van der Waals surface area contributed by atoms with Crippen LogP contribution >= 0.6 is 11.6 Å². The van der Waals surface area contributed by atoms with E-state index in [4.69, 9.17) is 11.6 Å². The number of rotatable bonds is 4. The van der Waals surface area contributed by atoms with Crippen LogP contribution in [0.2, 0.25) is 5.15 Å². The Balaban J connectivity index is 2.32. The Morgan fingerprint density at radius 1 is 1.67 bits per heavy atom. The Labute approximate surface area is 127 Å². The summed E-state index contributed by atoms with van der Waals surface area (Å²) in [6.45, 7) is 3.99. The fourth-order valence-corrected chi connectivity index (χ4v) is 2.72. The highest BCUT2D eigenvalue weighted by molar-refractivity contribution is 6.29. The van der Waals surface area contributed by atoms with Crippen molar-refractivity contribution in [3.63, 3.8) is 0 Å². The molecule has 7 nitrogen and oxygen atoms in total. The van der Waals surface area contributed by atoms with E-state index in [0.29, 0.717) is 13.1 Å². The van der Waals surface area contributed by atoms with E-state index in [0.717, 1.165) is 25.6 Å². The molecule has 1 amide bonds. The van der Waals surface area contributed by atoms with Crippen LogP contribution in [-0.4, -0.2) is 46.4 Å². The molecule has 0 aliphatic carbocycles. The number of likely N-dealkylation sites (N-methyl/N-ethyl adjacent to an activating group) is 1. The Bertz CT molecular complexity index is 546. The van der Waals surface area contributed by atoms with E-state index < -0.39 is 4.92 Å². The molecule has 1 aliphatic heterocycles. The van der Waals surface area contributed by atoms with Gasteiger partial charge in [0.1, 0.15) is 16.9 Å². The van der Waals surface area contributed by atoms with Crippen LogP contribution in [0.15, 0.2) is 12.3 Å². The van der Waals surface area contributed by atoms with Crippen LogP contribution in [0.1, 0.15) is 30.1 Å². The summed E-state index contributed by atoms with van der Waals surface area (Å²) in [4.78, 5) is 28.5. The van der Waals surface area contributed by atoms with Gasteiger partial charge in [-0.05, 0) is 32.4 Å². The van der Waals surface area contributed by atoms with Gasteiger partial charge in [-0.2, -0.15) is 0 Å². The highest BCUT2D eigenvalue weighted by Crippen LogP contribution is 2.24. The zero-order valence-corrected chi connectivity index (χ0v) is 12.5. The van der Waals surface area contributed by atoms with E-state index in [9.17, 15) is 14.9 Å². The normalized spacial score (nSPS) is 18.3. The van der Waals surface area contributed by atoms with Gasteiger partial charge in [0.05, 0.1) is 4.92 Å². The molecule has 114 valence electrons. The molecule has 0 spiro atoms. The van der Waals surface area contributed by atoms with Crippen LogP contribution in [-0.2, 0) is 0 Å². The number of pyridine rings is 1. The molecular formula is C13H17ClN4O3. The molecule has 2 rings (SSSR count). The lowest BCUT2D eigenvalue weighted by atomic mass is 10.0. The molecule has 2 heterocycles. The summed E-state index contributed by atoms with van der Waals surface area (Å²) in [6.07, 6.45) is 2.90. The van der Waals surface area contributed by atoms with Crippen molar-refractivity contribution in [1.29, 1.82) is 0 Å². The zero-order chi connectivity index (χ0) is 15.4. The number of amides is 1. The van der Waals surface area contributed by atoms with Crippen molar-refractivity contribution in [3.05, 3.63) is 33.1 Å². The third-order valence-electron chi connectivity index (χ3n) is 3.59. The predicted molar refractivity (Wildman–Crippen MR) is 78.5 cm³/mol. The molecule has 1 saturated heterocycles. The van der Waals surface area contributed by atoms with Gasteiger partial charge in [0.2, 0.25) is 0 Å². The second kappa shape index (κ2) is 6.82. The summed E-state index contributed by atoms with van der Waals surface area (Å²) in [6, 6.07) is 1.31. The minimum absolute atomic E-state index is 0.00702. The molecule has 0 bridgehead atoms. The molecular weight excluding hydrogens is 296 g/mol. The minimum atomic E-state index is -0.608. The number of nitrogens with one attached hydrogen (secondary N) is 1. The average Bonchev–Trinajstić information content (AvgIpc) is 2.48. The predicted octanol–water partition coefficient (Wildman–Crippen LogP) is 1.86. The number of nitrogens with zero attached hydrogens (tertiary/aromatic N) is 3. The summed E-state index contributed by atoms with van der Waals surface area (Å²) in [5, 5.41) is 14.4. The van der Waals surface area contributed by atoms with Crippen LogP contribution in [0, 0.1) is 10.1 Å². The molecule has 1 aromatic heterocycles. The maximum absolute atomic E-state index is 12.7. The Hall–Kier alpha value is -1.73. The van der Waals surface area contributed by atoms with Crippen LogP contribution in [0.4, 0.5) is 5.69 Å². The maximum atomic E-state index is 12.7. The molecule has 1 aliphatic rings. The highest BCUT2D eigenvalue weighted by atomic mass is 35.5. The Morgan fingerprint density at radius 3 is 3.00 bits per heavy atom. The molecule has 1 N–H and O–H groups in total. The maximum Gasteiger partial charge on any atom is 0.300 e. The van der Waals surface area contributed by atoms with Crippen molar-refractivity contribution in [2.24, 2.45) is 0 Å². The summed E-state index contributed by atoms with van der Waals surface area (Å²) < 4.78 is 0. The van der Waals surface area contributed by atoms with Gasteiger partial charge < -0.3 is 10.2 Å². The van der Waals surface area contributed by atoms with Crippen molar-refractivity contribution in [1.82, 2.24) is 15.2 Å². The van der Waals surface area contributed by atoms with Gasteiger partial charge in [0.25, 0.3) is 11.6 Å². The second-order valence-electron chi connectivity index (χ2n) is 4.87. The first-order valence-corrected chi connectivity index (χ1v) is 7.24. The Kier molecular flexibility index (Phi) is 5.08. The monoisotopic (exact) mass is 312 g/mol. The first-order valence-electron chi connectivity index (χ1n) is 6.86. The molecule has 1 unspecified atom stereocenters. The van der Waals surface area contributed by atoms with Crippen molar-refractivity contribution < 1.29 is 9.72 Å². The molecule has 1 aromatic rings. The number of hydrogen-bond acceptors (Lipinski definition) is 5. The number of nitro groups is 1. The van der Waals surface area contributed by atoms with E-state index in [1.165, 1.54) is 6.07 Å². The number of aromatic nitrogens is 1. The molecule has 0 aromatic carbocycles. The van der Waals surface area contributed by atoms with E-state index in [2.05, 4.69) is 10.3 Å². The highest BCUT2D eigenvalue weighted by Gasteiger charge is 2.30. The number of carbonyl (C=O) groups excluding carboxylic acids is 1. The molecule has 0 radical (unpaired) electrons. The summed E-state index contributed by atoms with van der Waals surface area (Å²) in [7, 11) is 0. The fraction of sp³-hybridized carbons (Fsp3) is 0.538. The van der Waals surface area contributed by atoms with Crippen molar-refractivity contribution in [3.8, 4) is 0 Å². The zero-order valence-electron chi connectivity index (χ0n) is 11.7. The first-order chi connectivity index (χ1) is 10.0. The van der Waals surface area contributed by atoms with Crippen LogP contribution in [0.3, 0.4) is 0 Å².